The van der Waals surface area contributed by atoms with Crippen LogP contribution in [0.2, 0.25) is 0 Å². The molecule has 154 valence electrons. The Kier molecular flexibility index (Phi) is 10.5. The van der Waals surface area contributed by atoms with Gasteiger partial charge in [0.2, 0.25) is 0 Å². The lowest BCUT2D eigenvalue weighted by Crippen LogP contribution is -2.38. The van der Waals surface area contributed by atoms with E-state index in [0.717, 1.165) is 18.1 Å². The molecule has 6 nitrogen and oxygen atoms in total. The van der Waals surface area contributed by atoms with Gasteiger partial charge in [0.05, 0.1) is 33.9 Å². The van der Waals surface area contributed by atoms with Crippen LogP contribution in [0.4, 0.5) is 0 Å². The summed E-state index contributed by atoms with van der Waals surface area (Å²) in [6, 6.07) is 14.1. The molecule has 0 aliphatic rings. The van der Waals surface area contributed by atoms with Crippen LogP contribution >= 0.6 is 24.0 Å². The first-order valence-electron chi connectivity index (χ1n) is 9.01. The predicted octanol–water partition coefficient (Wildman–Crippen LogP) is 4.15. The minimum absolute atomic E-state index is 0. The number of hydrogen-bond acceptors (Lipinski definition) is 4. The molecule has 0 heterocycles. The Morgan fingerprint density at radius 2 is 1.57 bits per heavy atom. The smallest absolute Gasteiger partial charge is 0.192 e. The first-order chi connectivity index (χ1) is 13.1. The Morgan fingerprint density at radius 3 is 2.14 bits per heavy atom. The highest BCUT2D eigenvalue weighted by atomic mass is 127. The standard InChI is InChI=1S/C21H29N3O3.HI/c1-6-22-21(24-15(2)16-10-8-7-9-11-16)23-14-17-12-19(26-4)20(27-5)13-18(17)25-3;/h7-13,15H,6,14H2,1-5H3,(H2,22,23,24);1H. The van der Waals surface area contributed by atoms with Gasteiger partial charge in [0, 0.05) is 18.2 Å². The topological polar surface area (TPSA) is 64.1 Å². The van der Waals surface area contributed by atoms with Gasteiger partial charge < -0.3 is 24.8 Å². The van der Waals surface area contributed by atoms with Crippen molar-refractivity contribution in [3.8, 4) is 17.2 Å². The fraction of sp³-hybridized carbons (Fsp3) is 0.381. The number of hydrogen-bond donors (Lipinski definition) is 2. The summed E-state index contributed by atoms with van der Waals surface area (Å²) < 4.78 is 16.2. The zero-order valence-corrected chi connectivity index (χ0v) is 19.4. The minimum Gasteiger partial charge on any atom is -0.496 e. The summed E-state index contributed by atoms with van der Waals surface area (Å²) in [6.45, 7) is 5.37. The number of guanidine groups is 1. The molecule has 0 spiro atoms. The Morgan fingerprint density at radius 1 is 0.964 bits per heavy atom. The van der Waals surface area contributed by atoms with E-state index in [0.29, 0.717) is 23.8 Å². The van der Waals surface area contributed by atoms with Gasteiger partial charge >= 0.3 is 0 Å². The third kappa shape index (κ3) is 6.47. The second-order valence-electron chi connectivity index (χ2n) is 5.99. The molecule has 1 atom stereocenters. The number of ether oxygens (including phenoxy) is 3. The summed E-state index contributed by atoms with van der Waals surface area (Å²) in [4.78, 5) is 4.71. The molecule has 7 heteroatoms. The molecule has 1 unspecified atom stereocenters. The molecule has 0 radical (unpaired) electrons. The second-order valence-corrected chi connectivity index (χ2v) is 5.99. The lowest BCUT2D eigenvalue weighted by atomic mass is 10.1. The highest BCUT2D eigenvalue weighted by molar-refractivity contribution is 14.0. The monoisotopic (exact) mass is 499 g/mol. The average Bonchev–Trinajstić information content (AvgIpc) is 2.71. The molecule has 2 rings (SSSR count). The molecule has 0 bridgehead atoms. The van der Waals surface area contributed by atoms with E-state index < -0.39 is 0 Å². The van der Waals surface area contributed by atoms with E-state index in [9.17, 15) is 0 Å². The highest BCUT2D eigenvalue weighted by Crippen LogP contribution is 2.34. The number of nitrogens with one attached hydrogen (secondary N) is 2. The molecule has 0 aromatic heterocycles. The van der Waals surface area contributed by atoms with Crippen molar-refractivity contribution >= 4 is 29.9 Å². The molecule has 0 amide bonds. The van der Waals surface area contributed by atoms with Crippen molar-refractivity contribution in [1.29, 1.82) is 0 Å². The van der Waals surface area contributed by atoms with Gasteiger partial charge in [-0.1, -0.05) is 30.3 Å². The maximum absolute atomic E-state index is 5.48. The zero-order valence-electron chi connectivity index (χ0n) is 17.1. The van der Waals surface area contributed by atoms with E-state index in [1.54, 1.807) is 21.3 Å². The van der Waals surface area contributed by atoms with Gasteiger partial charge in [0.25, 0.3) is 0 Å². The first kappa shape index (κ1) is 23.9. The number of aliphatic imine (C=N–C) groups is 1. The van der Waals surface area contributed by atoms with Gasteiger partial charge in [-0.2, -0.15) is 0 Å². The number of rotatable bonds is 8. The summed E-state index contributed by atoms with van der Waals surface area (Å²) in [5, 5.41) is 6.72. The van der Waals surface area contributed by atoms with Gasteiger partial charge in [0.15, 0.2) is 17.5 Å². The van der Waals surface area contributed by atoms with E-state index >= 15 is 0 Å². The van der Waals surface area contributed by atoms with Crippen molar-refractivity contribution < 1.29 is 14.2 Å². The zero-order chi connectivity index (χ0) is 19.6. The van der Waals surface area contributed by atoms with Crippen LogP contribution in [0.3, 0.4) is 0 Å². The van der Waals surface area contributed by atoms with Crippen molar-refractivity contribution in [3.63, 3.8) is 0 Å². The van der Waals surface area contributed by atoms with Gasteiger partial charge in [-0.15, -0.1) is 24.0 Å². The van der Waals surface area contributed by atoms with E-state index in [-0.39, 0.29) is 30.0 Å². The van der Waals surface area contributed by atoms with Crippen LogP contribution < -0.4 is 24.8 Å². The second kappa shape index (κ2) is 12.3. The maximum atomic E-state index is 5.48. The molecule has 2 N–H and O–H groups in total. The van der Waals surface area contributed by atoms with Gasteiger partial charge in [-0.25, -0.2) is 4.99 Å². The quantitative estimate of drug-likeness (QED) is 0.325. The lowest BCUT2D eigenvalue weighted by molar-refractivity contribution is 0.347. The molecule has 2 aromatic carbocycles. The fourth-order valence-electron chi connectivity index (χ4n) is 2.73. The van der Waals surface area contributed by atoms with Crippen LogP contribution in [-0.2, 0) is 6.54 Å². The van der Waals surface area contributed by atoms with Crippen LogP contribution in [0.15, 0.2) is 47.5 Å². The third-order valence-corrected chi connectivity index (χ3v) is 4.19. The van der Waals surface area contributed by atoms with Crippen molar-refractivity contribution in [2.75, 3.05) is 27.9 Å². The SMILES string of the molecule is CCNC(=NCc1cc(OC)c(OC)cc1OC)NC(C)c1ccccc1.I. The van der Waals surface area contributed by atoms with Crippen molar-refractivity contribution in [1.82, 2.24) is 10.6 Å². The molecule has 0 aliphatic heterocycles. The van der Waals surface area contributed by atoms with Crippen LogP contribution in [0, 0.1) is 0 Å². The normalized spacial score (nSPS) is 11.8. The molecule has 0 saturated carbocycles. The van der Waals surface area contributed by atoms with E-state index in [2.05, 4.69) is 29.7 Å². The first-order valence-corrected chi connectivity index (χ1v) is 9.01. The summed E-state index contributed by atoms with van der Waals surface area (Å²) in [6.07, 6.45) is 0. The summed E-state index contributed by atoms with van der Waals surface area (Å²) in [5.41, 5.74) is 2.12. The Labute approximate surface area is 184 Å². The Bertz CT molecular complexity index is 754. The molecule has 2 aromatic rings. The molecule has 0 fully saturated rings. The van der Waals surface area contributed by atoms with Crippen molar-refractivity contribution in [2.45, 2.75) is 26.4 Å². The largest absolute Gasteiger partial charge is 0.496 e. The molecular formula is C21H30IN3O3. The Hall–Kier alpha value is -2.16. The molecule has 0 saturated heterocycles. The van der Waals surface area contributed by atoms with Crippen LogP contribution in [0.25, 0.3) is 0 Å². The van der Waals surface area contributed by atoms with E-state index in [1.807, 2.05) is 37.3 Å². The van der Waals surface area contributed by atoms with Gasteiger partial charge in [-0.05, 0) is 25.5 Å². The van der Waals surface area contributed by atoms with E-state index in [4.69, 9.17) is 19.2 Å². The Balaban J connectivity index is 0.00000392. The summed E-state index contributed by atoms with van der Waals surface area (Å²) in [7, 11) is 4.85. The van der Waals surface area contributed by atoms with E-state index in [1.165, 1.54) is 5.56 Å². The van der Waals surface area contributed by atoms with Gasteiger partial charge in [0.1, 0.15) is 5.75 Å². The minimum atomic E-state index is 0. The number of halogens is 1. The number of nitrogens with zero attached hydrogens (tertiary/aromatic N) is 1. The molecule has 0 aliphatic carbocycles. The lowest BCUT2D eigenvalue weighted by Gasteiger charge is -2.18. The molecular weight excluding hydrogens is 469 g/mol. The summed E-state index contributed by atoms with van der Waals surface area (Å²) >= 11 is 0. The fourth-order valence-corrected chi connectivity index (χ4v) is 2.73. The molecule has 28 heavy (non-hydrogen) atoms. The summed E-state index contributed by atoms with van der Waals surface area (Å²) in [5.74, 6) is 2.73. The van der Waals surface area contributed by atoms with Gasteiger partial charge in [-0.3, -0.25) is 0 Å². The van der Waals surface area contributed by atoms with Crippen LogP contribution in [0.1, 0.15) is 31.0 Å². The predicted molar refractivity (Wildman–Crippen MR) is 124 cm³/mol. The maximum Gasteiger partial charge on any atom is 0.192 e. The number of methoxy groups -OCH3 is 3. The highest BCUT2D eigenvalue weighted by Gasteiger charge is 2.12. The third-order valence-electron chi connectivity index (χ3n) is 4.19. The van der Waals surface area contributed by atoms with Crippen LogP contribution in [-0.4, -0.2) is 33.8 Å². The average molecular weight is 499 g/mol. The number of benzene rings is 2. The van der Waals surface area contributed by atoms with Crippen molar-refractivity contribution in [2.24, 2.45) is 4.99 Å². The van der Waals surface area contributed by atoms with Crippen LogP contribution in [0.5, 0.6) is 17.2 Å². The van der Waals surface area contributed by atoms with Crippen molar-refractivity contribution in [3.05, 3.63) is 53.6 Å².